The maximum absolute atomic E-state index is 12.4. The number of ketones is 1. The van der Waals surface area contributed by atoms with Gasteiger partial charge in [-0.2, -0.15) is 0 Å². The minimum Gasteiger partial charge on any atom is -0.308 e. The maximum atomic E-state index is 12.4. The summed E-state index contributed by atoms with van der Waals surface area (Å²) in [6, 6.07) is 19.4. The molecule has 0 aromatic heterocycles. The molecule has 4 rings (SSSR count). The second-order valence-corrected chi connectivity index (χ2v) is 7.63. The lowest BCUT2D eigenvalue weighted by Gasteiger charge is -2.26. The van der Waals surface area contributed by atoms with Crippen LogP contribution in [0.25, 0.3) is 23.3 Å². The van der Waals surface area contributed by atoms with E-state index in [9.17, 15) is 9.59 Å². The summed E-state index contributed by atoms with van der Waals surface area (Å²) in [4.78, 5) is 25.9. The third-order valence-corrected chi connectivity index (χ3v) is 5.41. The zero-order chi connectivity index (χ0) is 20.5. The number of anilines is 1. The molecule has 0 radical (unpaired) electrons. The van der Waals surface area contributed by atoms with Crippen LogP contribution in [-0.4, -0.2) is 11.7 Å². The lowest BCUT2D eigenvalue weighted by Crippen LogP contribution is -2.29. The number of fused-ring (bicyclic) bond motifs is 2. The van der Waals surface area contributed by atoms with E-state index in [0.29, 0.717) is 17.1 Å². The number of halogens is 1. The topological polar surface area (TPSA) is 37.4 Å². The van der Waals surface area contributed by atoms with E-state index in [-0.39, 0.29) is 11.7 Å². The Bertz CT molecular complexity index is 1160. The number of benzene rings is 3. The van der Waals surface area contributed by atoms with E-state index in [1.54, 1.807) is 24.8 Å². The SMILES string of the molecule is CC(=O)c1cccc(-c2ccc3c(c2)CN(C(C)=O)c2ccc(Cl)cc2/C=C\3)c1. The number of amides is 1. The van der Waals surface area contributed by atoms with Crippen molar-refractivity contribution < 1.29 is 9.59 Å². The Hall–Kier alpha value is -3.17. The minimum atomic E-state index is -0.0289. The number of hydrogen-bond donors (Lipinski definition) is 0. The normalized spacial score (nSPS) is 13.7. The van der Waals surface area contributed by atoms with Crippen molar-refractivity contribution in [3.8, 4) is 11.1 Å². The number of hydrogen-bond acceptors (Lipinski definition) is 2. The lowest BCUT2D eigenvalue weighted by atomic mass is 9.95. The summed E-state index contributed by atoms with van der Waals surface area (Å²) >= 11 is 6.16. The van der Waals surface area contributed by atoms with Gasteiger partial charge in [0.05, 0.1) is 12.2 Å². The monoisotopic (exact) mass is 401 g/mol. The van der Waals surface area contributed by atoms with Crippen LogP contribution in [0.4, 0.5) is 5.69 Å². The Kier molecular flexibility index (Phi) is 5.08. The van der Waals surface area contributed by atoms with Crippen LogP contribution in [0.15, 0.2) is 60.7 Å². The highest BCUT2D eigenvalue weighted by molar-refractivity contribution is 6.30. The molecule has 1 aliphatic heterocycles. The predicted octanol–water partition coefficient (Wildman–Crippen LogP) is 6.25. The van der Waals surface area contributed by atoms with Gasteiger partial charge in [0.1, 0.15) is 0 Å². The number of carbonyl (C=O) groups is 2. The van der Waals surface area contributed by atoms with Gasteiger partial charge in [-0.15, -0.1) is 0 Å². The molecule has 0 atom stereocenters. The van der Waals surface area contributed by atoms with Gasteiger partial charge in [0.15, 0.2) is 5.78 Å². The smallest absolute Gasteiger partial charge is 0.224 e. The molecular weight excluding hydrogens is 382 g/mol. The second kappa shape index (κ2) is 7.69. The summed E-state index contributed by atoms with van der Waals surface area (Å²) in [5, 5.41) is 0.637. The largest absolute Gasteiger partial charge is 0.308 e. The molecule has 3 aromatic carbocycles. The van der Waals surface area contributed by atoms with Gasteiger partial charge in [-0.05, 0) is 65.1 Å². The van der Waals surface area contributed by atoms with Crippen LogP contribution in [0.5, 0.6) is 0 Å². The predicted molar refractivity (Wildman–Crippen MR) is 119 cm³/mol. The average Bonchev–Trinajstić information content (AvgIpc) is 2.69. The first kappa shape index (κ1) is 19.2. The van der Waals surface area contributed by atoms with Gasteiger partial charge >= 0.3 is 0 Å². The molecule has 4 heteroatoms. The Morgan fingerprint density at radius 3 is 2.38 bits per heavy atom. The molecular formula is C25H20ClNO2. The summed E-state index contributed by atoms with van der Waals surface area (Å²) in [7, 11) is 0. The molecule has 0 fully saturated rings. The Labute approximate surface area is 175 Å². The minimum absolute atomic E-state index is 0.0289. The highest BCUT2D eigenvalue weighted by atomic mass is 35.5. The Balaban J connectivity index is 1.82. The molecule has 144 valence electrons. The first-order chi connectivity index (χ1) is 13.9. The van der Waals surface area contributed by atoms with E-state index >= 15 is 0 Å². The van der Waals surface area contributed by atoms with Gasteiger partial charge in [-0.25, -0.2) is 0 Å². The Morgan fingerprint density at radius 2 is 1.62 bits per heavy atom. The summed E-state index contributed by atoms with van der Waals surface area (Å²) in [5.74, 6) is 0.0119. The molecule has 3 aromatic rings. The van der Waals surface area contributed by atoms with Crippen molar-refractivity contribution in [2.75, 3.05) is 4.90 Å². The van der Waals surface area contributed by atoms with Crippen molar-refractivity contribution in [1.82, 2.24) is 0 Å². The van der Waals surface area contributed by atoms with Gasteiger partial charge in [-0.1, -0.05) is 54.1 Å². The summed E-state index contributed by atoms with van der Waals surface area (Å²) in [6.45, 7) is 3.60. The molecule has 0 aliphatic carbocycles. The fraction of sp³-hybridized carbons (Fsp3) is 0.120. The number of rotatable bonds is 2. The van der Waals surface area contributed by atoms with Crippen molar-refractivity contribution in [3.63, 3.8) is 0 Å². The lowest BCUT2D eigenvalue weighted by molar-refractivity contribution is -0.116. The van der Waals surface area contributed by atoms with E-state index in [4.69, 9.17) is 11.6 Å². The van der Waals surface area contributed by atoms with Crippen LogP contribution in [0.2, 0.25) is 5.02 Å². The maximum Gasteiger partial charge on any atom is 0.224 e. The van der Waals surface area contributed by atoms with Crippen LogP contribution < -0.4 is 4.90 Å². The molecule has 0 spiro atoms. The second-order valence-electron chi connectivity index (χ2n) is 7.19. The van der Waals surface area contributed by atoms with Crippen LogP contribution in [0.1, 0.15) is 40.9 Å². The van der Waals surface area contributed by atoms with Gasteiger partial charge in [0, 0.05) is 17.5 Å². The summed E-state index contributed by atoms with van der Waals surface area (Å²) in [6.07, 6.45) is 4.04. The van der Waals surface area contributed by atoms with E-state index in [2.05, 4.69) is 18.2 Å². The van der Waals surface area contributed by atoms with Crippen molar-refractivity contribution in [2.24, 2.45) is 0 Å². The van der Waals surface area contributed by atoms with Crippen LogP contribution in [0.3, 0.4) is 0 Å². The molecule has 0 bridgehead atoms. The summed E-state index contributed by atoms with van der Waals surface area (Å²) < 4.78 is 0. The third-order valence-electron chi connectivity index (χ3n) is 5.18. The van der Waals surface area contributed by atoms with E-state index in [1.165, 1.54) is 0 Å². The van der Waals surface area contributed by atoms with Crippen molar-refractivity contribution in [2.45, 2.75) is 20.4 Å². The van der Waals surface area contributed by atoms with Crippen LogP contribution >= 0.6 is 11.6 Å². The molecule has 0 saturated carbocycles. The molecule has 0 saturated heterocycles. The van der Waals surface area contributed by atoms with Crippen LogP contribution in [0, 0.1) is 0 Å². The number of Topliss-reactive ketones (excluding diaryl/α,β-unsaturated/α-hetero) is 1. The fourth-order valence-corrected chi connectivity index (χ4v) is 3.80. The number of nitrogens with zero attached hydrogens (tertiary/aromatic N) is 1. The van der Waals surface area contributed by atoms with Crippen molar-refractivity contribution >= 4 is 41.1 Å². The highest BCUT2D eigenvalue weighted by Crippen LogP contribution is 2.33. The van der Waals surface area contributed by atoms with E-state index in [0.717, 1.165) is 33.5 Å². The molecule has 0 N–H and O–H groups in total. The molecule has 3 nitrogen and oxygen atoms in total. The summed E-state index contributed by atoms with van der Waals surface area (Å²) in [5.41, 5.74) is 6.53. The van der Waals surface area contributed by atoms with Gasteiger partial charge in [-0.3, -0.25) is 9.59 Å². The van der Waals surface area contributed by atoms with Gasteiger partial charge in [0.2, 0.25) is 5.91 Å². The molecule has 1 amide bonds. The number of carbonyl (C=O) groups excluding carboxylic acids is 2. The first-order valence-electron chi connectivity index (χ1n) is 9.42. The molecule has 0 unspecified atom stereocenters. The van der Waals surface area contributed by atoms with Crippen LogP contribution in [-0.2, 0) is 11.3 Å². The average molecular weight is 402 g/mol. The molecule has 1 heterocycles. The quantitative estimate of drug-likeness (QED) is 0.476. The zero-order valence-corrected chi connectivity index (χ0v) is 17.0. The zero-order valence-electron chi connectivity index (χ0n) is 16.3. The molecule has 29 heavy (non-hydrogen) atoms. The third kappa shape index (κ3) is 3.87. The highest BCUT2D eigenvalue weighted by Gasteiger charge is 2.19. The standard InChI is InChI=1S/C25H20ClNO2/c1-16(28)19-4-3-5-20(12-19)21-8-6-18-7-9-22-14-24(26)10-11-25(22)27(17(2)29)15-23(18)13-21/h3-14H,15H2,1-2H3/b9-7-. The first-order valence-corrected chi connectivity index (χ1v) is 9.80. The molecule has 1 aliphatic rings. The van der Waals surface area contributed by atoms with Crippen molar-refractivity contribution in [1.29, 1.82) is 0 Å². The van der Waals surface area contributed by atoms with E-state index < -0.39 is 0 Å². The fourth-order valence-electron chi connectivity index (χ4n) is 3.62. The van der Waals surface area contributed by atoms with Crippen molar-refractivity contribution in [3.05, 3.63) is 87.9 Å². The Morgan fingerprint density at radius 1 is 0.862 bits per heavy atom. The van der Waals surface area contributed by atoms with Gasteiger partial charge in [0.25, 0.3) is 0 Å². The van der Waals surface area contributed by atoms with E-state index in [1.807, 2.05) is 48.5 Å². The van der Waals surface area contributed by atoms with Gasteiger partial charge < -0.3 is 4.90 Å².